The van der Waals surface area contributed by atoms with Gasteiger partial charge in [0.05, 0.1) is 13.2 Å². The Hall–Kier alpha value is -1.83. The third-order valence-corrected chi connectivity index (χ3v) is 4.07. The van der Waals surface area contributed by atoms with Crippen LogP contribution in [0.25, 0.3) is 0 Å². The van der Waals surface area contributed by atoms with Crippen molar-refractivity contribution in [1.29, 1.82) is 0 Å². The fraction of sp³-hybridized carbons (Fsp3) is 0.786. The van der Waals surface area contributed by atoms with Crippen LogP contribution in [-0.4, -0.2) is 104 Å². The zero-order valence-electron chi connectivity index (χ0n) is 13.1. The van der Waals surface area contributed by atoms with Crippen molar-refractivity contribution in [3.63, 3.8) is 0 Å². The van der Waals surface area contributed by atoms with Gasteiger partial charge in [0, 0.05) is 52.4 Å². The molecular formula is C14H24N4O4. The molecule has 0 aromatic heterocycles. The zero-order valence-corrected chi connectivity index (χ0v) is 13.1. The molecule has 2 saturated heterocycles. The maximum Gasteiger partial charge on any atom is 0.409 e. The number of hydrogen-bond donors (Lipinski definition) is 0. The number of hydrogen-bond acceptors (Lipinski definition) is 5. The van der Waals surface area contributed by atoms with E-state index in [0.29, 0.717) is 65.5 Å². The topological polar surface area (TPSA) is 73.4 Å². The molecule has 0 spiro atoms. The van der Waals surface area contributed by atoms with E-state index in [1.54, 1.807) is 21.6 Å². The van der Waals surface area contributed by atoms with E-state index in [0.717, 1.165) is 6.41 Å². The minimum atomic E-state index is -0.279. The van der Waals surface area contributed by atoms with Gasteiger partial charge in [-0.15, -0.1) is 0 Å². The van der Waals surface area contributed by atoms with Crippen molar-refractivity contribution in [2.45, 2.75) is 6.92 Å². The first-order valence-corrected chi connectivity index (χ1v) is 7.75. The van der Waals surface area contributed by atoms with Gasteiger partial charge in [0.25, 0.3) is 0 Å². The maximum atomic E-state index is 12.3. The van der Waals surface area contributed by atoms with E-state index in [4.69, 9.17) is 4.74 Å². The summed E-state index contributed by atoms with van der Waals surface area (Å²) >= 11 is 0. The van der Waals surface area contributed by atoms with Gasteiger partial charge in [-0.3, -0.25) is 14.5 Å². The number of ether oxygens (including phenoxy) is 1. The van der Waals surface area contributed by atoms with Crippen LogP contribution in [0.2, 0.25) is 0 Å². The first kappa shape index (κ1) is 16.5. The highest BCUT2D eigenvalue weighted by molar-refractivity contribution is 5.78. The molecule has 0 aliphatic carbocycles. The van der Waals surface area contributed by atoms with Crippen molar-refractivity contribution in [3.8, 4) is 0 Å². The lowest BCUT2D eigenvalue weighted by Gasteiger charge is -2.36. The largest absolute Gasteiger partial charge is 0.450 e. The summed E-state index contributed by atoms with van der Waals surface area (Å²) in [4.78, 5) is 41.7. The number of carbonyl (C=O) groups excluding carboxylic acids is 3. The average Bonchev–Trinajstić information content (AvgIpc) is 2.55. The van der Waals surface area contributed by atoms with Crippen LogP contribution in [-0.2, 0) is 14.3 Å². The molecule has 2 heterocycles. The lowest BCUT2D eigenvalue weighted by Crippen LogP contribution is -2.54. The Morgan fingerprint density at radius 1 is 0.955 bits per heavy atom. The van der Waals surface area contributed by atoms with Crippen molar-refractivity contribution in [1.82, 2.24) is 19.6 Å². The number of nitrogens with zero attached hydrogens (tertiary/aromatic N) is 4. The second-order valence-corrected chi connectivity index (χ2v) is 5.48. The molecule has 0 saturated carbocycles. The van der Waals surface area contributed by atoms with Crippen molar-refractivity contribution in [2.24, 2.45) is 0 Å². The number of rotatable bonds is 4. The van der Waals surface area contributed by atoms with E-state index in [-0.39, 0.29) is 12.0 Å². The predicted molar refractivity (Wildman–Crippen MR) is 79.3 cm³/mol. The Balaban J connectivity index is 1.70. The van der Waals surface area contributed by atoms with Gasteiger partial charge < -0.3 is 19.4 Å². The molecule has 0 bridgehead atoms. The number of amides is 3. The van der Waals surface area contributed by atoms with Crippen LogP contribution in [0, 0.1) is 0 Å². The minimum Gasteiger partial charge on any atom is -0.450 e. The Morgan fingerprint density at radius 3 is 2.09 bits per heavy atom. The van der Waals surface area contributed by atoms with Gasteiger partial charge in [0.1, 0.15) is 0 Å². The molecule has 0 aromatic carbocycles. The second kappa shape index (κ2) is 7.98. The molecule has 2 aliphatic rings. The Labute approximate surface area is 130 Å². The van der Waals surface area contributed by atoms with Gasteiger partial charge in [0.2, 0.25) is 12.3 Å². The molecule has 8 nitrogen and oxygen atoms in total. The lowest BCUT2D eigenvalue weighted by molar-refractivity contribution is -0.136. The van der Waals surface area contributed by atoms with Crippen molar-refractivity contribution < 1.29 is 19.1 Å². The molecule has 8 heteroatoms. The summed E-state index contributed by atoms with van der Waals surface area (Å²) in [6.45, 7) is 7.48. The third-order valence-electron chi connectivity index (χ3n) is 4.07. The Bertz CT molecular complexity index is 402. The fourth-order valence-electron chi connectivity index (χ4n) is 2.67. The summed E-state index contributed by atoms with van der Waals surface area (Å²) in [6.07, 6.45) is 0.551. The predicted octanol–water partition coefficient (Wildman–Crippen LogP) is -0.939. The SMILES string of the molecule is CCOC(=O)N1CCN(CC(=O)N2CCN(C=O)CC2)CC1. The van der Waals surface area contributed by atoms with Gasteiger partial charge in [0.15, 0.2) is 0 Å². The van der Waals surface area contributed by atoms with E-state index in [2.05, 4.69) is 4.90 Å². The average molecular weight is 312 g/mol. The standard InChI is InChI=1S/C14H24N4O4/c1-2-22-14(21)18-9-3-15(4-10-18)11-13(20)17-7-5-16(12-19)6-8-17/h12H,2-11H2,1H3. The second-order valence-electron chi connectivity index (χ2n) is 5.48. The molecule has 2 aliphatic heterocycles. The Morgan fingerprint density at radius 2 is 1.55 bits per heavy atom. The van der Waals surface area contributed by atoms with Crippen LogP contribution < -0.4 is 0 Å². The maximum absolute atomic E-state index is 12.3. The van der Waals surface area contributed by atoms with Gasteiger partial charge in [-0.25, -0.2) is 4.79 Å². The van der Waals surface area contributed by atoms with E-state index in [9.17, 15) is 14.4 Å². The van der Waals surface area contributed by atoms with E-state index in [1.165, 1.54) is 0 Å². The van der Waals surface area contributed by atoms with Crippen molar-refractivity contribution >= 4 is 18.4 Å². The molecule has 0 unspecified atom stereocenters. The summed E-state index contributed by atoms with van der Waals surface area (Å²) in [5, 5.41) is 0. The summed E-state index contributed by atoms with van der Waals surface area (Å²) in [6, 6.07) is 0. The number of carbonyl (C=O) groups is 3. The van der Waals surface area contributed by atoms with Gasteiger partial charge in [-0.1, -0.05) is 0 Å². The summed E-state index contributed by atoms with van der Waals surface area (Å²) in [5.74, 6) is 0.0927. The normalized spacial score (nSPS) is 20.0. The van der Waals surface area contributed by atoms with Crippen molar-refractivity contribution in [3.05, 3.63) is 0 Å². The fourth-order valence-corrected chi connectivity index (χ4v) is 2.67. The molecule has 2 fully saturated rings. The van der Waals surface area contributed by atoms with E-state index < -0.39 is 0 Å². The molecule has 0 N–H and O–H groups in total. The van der Waals surface area contributed by atoms with Gasteiger partial charge in [-0.2, -0.15) is 0 Å². The lowest BCUT2D eigenvalue weighted by atomic mass is 10.3. The smallest absolute Gasteiger partial charge is 0.409 e. The van der Waals surface area contributed by atoms with Crippen LogP contribution >= 0.6 is 0 Å². The highest BCUT2D eigenvalue weighted by atomic mass is 16.6. The number of piperazine rings is 2. The van der Waals surface area contributed by atoms with Gasteiger partial charge in [-0.05, 0) is 6.92 Å². The van der Waals surface area contributed by atoms with E-state index >= 15 is 0 Å². The minimum absolute atomic E-state index is 0.0927. The van der Waals surface area contributed by atoms with Crippen LogP contribution in [0.5, 0.6) is 0 Å². The quantitative estimate of drug-likeness (QED) is 0.627. The first-order valence-electron chi connectivity index (χ1n) is 7.75. The third kappa shape index (κ3) is 4.33. The van der Waals surface area contributed by atoms with E-state index in [1.807, 2.05) is 0 Å². The van der Waals surface area contributed by atoms with Crippen LogP contribution in [0.1, 0.15) is 6.92 Å². The highest BCUT2D eigenvalue weighted by Gasteiger charge is 2.26. The monoisotopic (exact) mass is 312 g/mol. The molecule has 0 aromatic rings. The van der Waals surface area contributed by atoms with Crippen LogP contribution in [0.3, 0.4) is 0 Å². The van der Waals surface area contributed by atoms with Gasteiger partial charge >= 0.3 is 6.09 Å². The van der Waals surface area contributed by atoms with Crippen LogP contribution in [0.15, 0.2) is 0 Å². The van der Waals surface area contributed by atoms with Crippen molar-refractivity contribution in [2.75, 3.05) is 65.5 Å². The molecule has 0 atom stereocenters. The molecule has 2 rings (SSSR count). The molecule has 22 heavy (non-hydrogen) atoms. The molecular weight excluding hydrogens is 288 g/mol. The highest BCUT2D eigenvalue weighted by Crippen LogP contribution is 2.06. The molecule has 124 valence electrons. The zero-order chi connectivity index (χ0) is 15.9. The molecule has 3 amide bonds. The van der Waals surface area contributed by atoms with Crippen LogP contribution in [0.4, 0.5) is 4.79 Å². The molecule has 0 radical (unpaired) electrons. The Kier molecular flexibility index (Phi) is 6.00. The summed E-state index contributed by atoms with van der Waals surface area (Å²) in [5.41, 5.74) is 0. The summed E-state index contributed by atoms with van der Waals surface area (Å²) < 4.78 is 4.97. The summed E-state index contributed by atoms with van der Waals surface area (Å²) in [7, 11) is 0. The first-order chi connectivity index (χ1) is 10.6.